The molecule has 0 rings (SSSR count). The quantitative estimate of drug-likeness (QED) is 0.527. The lowest BCUT2D eigenvalue weighted by Crippen LogP contribution is -2.39. The molecule has 8 heteroatoms. The van der Waals surface area contributed by atoms with E-state index in [-0.39, 0.29) is 26.3 Å². The van der Waals surface area contributed by atoms with E-state index < -0.39 is 21.7 Å². The highest BCUT2D eigenvalue weighted by Gasteiger charge is 2.24. The number of hydrogen-bond donors (Lipinski definition) is 2. The smallest absolute Gasteiger partial charge is 0.320 e. The average molecular weight is 241 g/mol. The van der Waals surface area contributed by atoms with Gasteiger partial charge in [-0.15, -0.1) is 0 Å². The van der Waals surface area contributed by atoms with E-state index in [0.29, 0.717) is 0 Å². The monoisotopic (exact) mass is 241 g/mol. The summed E-state index contributed by atoms with van der Waals surface area (Å²) >= 11 is 0. The number of methoxy groups -OCH3 is 1. The number of carboxylic acid groups (broad SMARTS) is 1. The standard InChI is InChI=1S/C7H15NO6S/c1-14-5-3-8(2-4-9)15(12,13)6-7(10)11/h9H,2-6H2,1H3,(H,10,11). The van der Waals surface area contributed by atoms with Crippen LogP contribution in [-0.2, 0) is 19.6 Å². The van der Waals surface area contributed by atoms with Crippen LogP contribution in [0.2, 0.25) is 0 Å². The minimum absolute atomic E-state index is 0.0344. The molecule has 0 saturated heterocycles. The molecule has 0 fully saturated rings. The van der Waals surface area contributed by atoms with Crippen molar-refractivity contribution in [3.63, 3.8) is 0 Å². The van der Waals surface area contributed by atoms with Crippen LogP contribution in [0.5, 0.6) is 0 Å². The zero-order valence-electron chi connectivity index (χ0n) is 8.42. The molecule has 0 amide bonds. The number of nitrogens with zero attached hydrogens (tertiary/aromatic N) is 1. The van der Waals surface area contributed by atoms with E-state index >= 15 is 0 Å². The van der Waals surface area contributed by atoms with Crippen LogP contribution in [0.4, 0.5) is 0 Å². The van der Waals surface area contributed by atoms with E-state index in [9.17, 15) is 13.2 Å². The Hall–Kier alpha value is -0.700. The summed E-state index contributed by atoms with van der Waals surface area (Å²) in [6.07, 6.45) is 0. The van der Waals surface area contributed by atoms with E-state index in [1.807, 2.05) is 0 Å². The number of aliphatic carboxylic acids is 1. The first-order chi connectivity index (χ1) is 6.94. The molecule has 0 aromatic heterocycles. The molecule has 2 N–H and O–H groups in total. The van der Waals surface area contributed by atoms with E-state index in [4.69, 9.17) is 10.2 Å². The normalized spacial score (nSPS) is 11.9. The molecule has 0 aliphatic rings. The van der Waals surface area contributed by atoms with Crippen molar-refractivity contribution in [3.8, 4) is 0 Å². The Bertz CT molecular complexity index is 288. The van der Waals surface area contributed by atoms with Crippen LogP contribution >= 0.6 is 0 Å². The van der Waals surface area contributed by atoms with E-state index in [1.54, 1.807) is 0 Å². The highest BCUT2D eigenvalue weighted by atomic mass is 32.2. The molecule has 0 saturated carbocycles. The Balaban J connectivity index is 4.50. The molecule has 0 aliphatic carbocycles. The van der Waals surface area contributed by atoms with Crippen molar-refractivity contribution >= 4 is 16.0 Å². The zero-order chi connectivity index (χ0) is 11.9. The molecular formula is C7H15NO6S. The van der Waals surface area contributed by atoms with Gasteiger partial charge in [0, 0.05) is 20.2 Å². The topological polar surface area (TPSA) is 104 Å². The second-order valence-electron chi connectivity index (χ2n) is 2.77. The zero-order valence-corrected chi connectivity index (χ0v) is 9.23. The van der Waals surface area contributed by atoms with Gasteiger partial charge in [-0.05, 0) is 0 Å². The van der Waals surface area contributed by atoms with E-state index in [0.717, 1.165) is 4.31 Å². The Morgan fingerprint density at radius 3 is 2.40 bits per heavy atom. The van der Waals surface area contributed by atoms with Gasteiger partial charge in [-0.25, -0.2) is 8.42 Å². The summed E-state index contributed by atoms with van der Waals surface area (Å²) in [5.41, 5.74) is 0. The third kappa shape index (κ3) is 5.67. The number of aliphatic hydroxyl groups excluding tert-OH is 1. The van der Waals surface area contributed by atoms with E-state index in [2.05, 4.69) is 4.74 Å². The number of rotatable bonds is 8. The second-order valence-corrected chi connectivity index (χ2v) is 4.73. The molecule has 0 bridgehead atoms. The fourth-order valence-corrected chi connectivity index (χ4v) is 2.15. The number of ether oxygens (including phenoxy) is 1. The molecule has 0 unspecified atom stereocenters. The lowest BCUT2D eigenvalue weighted by atomic mass is 10.6. The van der Waals surface area contributed by atoms with Gasteiger partial charge < -0.3 is 14.9 Å². The van der Waals surface area contributed by atoms with E-state index in [1.165, 1.54) is 7.11 Å². The lowest BCUT2D eigenvalue weighted by molar-refractivity contribution is -0.134. The molecule has 0 aromatic rings. The second kappa shape index (κ2) is 6.72. The summed E-state index contributed by atoms with van der Waals surface area (Å²) in [5, 5.41) is 17.0. The number of carbonyl (C=O) groups is 1. The van der Waals surface area contributed by atoms with Gasteiger partial charge in [-0.3, -0.25) is 4.79 Å². The first-order valence-corrected chi connectivity index (χ1v) is 5.84. The minimum Gasteiger partial charge on any atom is -0.480 e. The molecule has 0 atom stereocenters. The Morgan fingerprint density at radius 1 is 1.40 bits per heavy atom. The van der Waals surface area contributed by atoms with Crippen molar-refractivity contribution in [2.75, 3.05) is 39.2 Å². The number of carboxylic acids is 1. The summed E-state index contributed by atoms with van der Waals surface area (Å²) < 4.78 is 28.4. The van der Waals surface area contributed by atoms with Gasteiger partial charge in [0.15, 0.2) is 5.75 Å². The largest absolute Gasteiger partial charge is 0.480 e. The summed E-state index contributed by atoms with van der Waals surface area (Å²) in [6.45, 7) is -0.299. The molecule has 0 aromatic carbocycles. The predicted octanol–water partition coefficient (Wildman–Crippen LogP) is -1.66. The summed E-state index contributed by atoms with van der Waals surface area (Å²) in [7, 11) is -2.46. The third-order valence-corrected chi connectivity index (χ3v) is 3.36. The third-order valence-electron chi connectivity index (χ3n) is 1.59. The average Bonchev–Trinajstić information content (AvgIpc) is 2.09. The fourth-order valence-electron chi connectivity index (χ4n) is 0.942. The van der Waals surface area contributed by atoms with Crippen molar-refractivity contribution in [1.29, 1.82) is 0 Å². The van der Waals surface area contributed by atoms with Gasteiger partial charge in [0.2, 0.25) is 10.0 Å². The first-order valence-electron chi connectivity index (χ1n) is 4.23. The van der Waals surface area contributed by atoms with Crippen LogP contribution < -0.4 is 0 Å². The molecule has 0 heterocycles. The van der Waals surface area contributed by atoms with Gasteiger partial charge in [-0.1, -0.05) is 0 Å². The number of hydrogen-bond acceptors (Lipinski definition) is 5. The maximum absolute atomic E-state index is 11.4. The molecule has 0 aliphatic heterocycles. The van der Waals surface area contributed by atoms with Gasteiger partial charge in [-0.2, -0.15) is 4.31 Å². The van der Waals surface area contributed by atoms with Crippen LogP contribution in [0.3, 0.4) is 0 Å². The summed E-state index contributed by atoms with van der Waals surface area (Å²) in [4.78, 5) is 10.3. The van der Waals surface area contributed by atoms with Crippen LogP contribution in [0, 0.1) is 0 Å². The van der Waals surface area contributed by atoms with Gasteiger partial charge in [0.05, 0.1) is 13.2 Å². The lowest BCUT2D eigenvalue weighted by Gasteiger charge is -2.19. The molecule has 0 radical (unpaired) electrons. The highest BCUT2D eigenvalue weighted by Crippen LogP contribution is 2.00. The maximum atomic E-state index is 11.4. The summed E-state index contributed by atoms with van der Waals surface area (Å²) in [5.74, 6) is -2.40. The van der Waals surface area contributed by atoms with Gasteiger partial charge in [0.25, 0.3) is 0 Å². The van der Waals surface area contributed by atoms with Crippen molar-refractivity contribution in [1.82, 2.24) is 4.31 Å². The van der Waals surface area contributed by atoms with Crippen LogP contribution in [0.1, 0.15) is 0 Å². The molecule has 15 heavy (non-hydrogen) atoms. The molecule has 7 nitrogen and oxygen atoms in total. The van der Waals surface area contributed by atoms with Gasteiger partial charge >= 0.3 is 5.97 Å². The van der Waals surface area contributed by atoms with Crippen LogP contribution in [-0.4, -0.2) is 68.1 Å². The van der Waals surface area contributed by atoms with Gasteiger partial charge in [0.1, 0.15) is 0 Å². The Morgan fingerprint density at radius 2 is 2.00 bits per heavy atom. The molecule has 0 spiro atoms. The summed E-state index contributed by atoms with van der Waals surface area (Å²) in [6, 6.07) is 0. The van der Waals surface area contributed by atoms with Crippen molar-refractivity contribution in [2.45, 2.75) is 0 Å². The maximum Gasteiger partial charge on any atom is 0.320 e. The number of sulfonamides is 1. The Labute approximate surface area is 88.3 Å². The highest BCUT2D eigenvalue weighted by molar-refractivity contribution is 7.89. The van der Waals surface area contributed by atoms with Crippen LogP contribution in [0.15, 0.2) is 0 Å². The number of aliphatic hydroxyl groups is 1. The SMILES string of the molecule is COCCN(CCO)S(=O)(=O)CC(=O)O. The predicted molar refractivity (Wildman–Crippen MR) is 52.0 cm³/mol. The molecule has 90 valence electrons. The minimum atomic E-state index is -3.86. The van der Waals surface area contributed by atoms with Crippen molar-refractivity contribution in [2.24, 2.45) is 0 Å². The Kier molecular flexibility index (Phi) is 6.41. The van der Waals surface area contributed by atoms with Crippen LogP contribution in [0.25, 0.3) is 0 Å². The van der Waals surface area contributed by atoms with Crippen molar-refractivity contribution in [3.05, 3.63) is 0 Å². The molecular weight excluding hydrogens is 226 g/mol. The fraction of sp³-hybridized carbons (Fsp3) is 0.857. The van der Waals surface area contributed by atoms with Crippen molar-refractivity contribution < 1.29 is 28.2 Å². The first kappa shape index (κ1) is 14.3.